The zero-order valence-corrected chi connectivity index (χ0v) is 9.74. The minimum atomic E-state index is 0.538. The van der Waals surface area contributed by atoms with Crippen molar-refractivity contribution in [3.05, 3.63) is 18.2 Å². The number of rotatable bonds is 4. The van der Waals surface area contributed by atoms with Gasteiger partial charge >= 0.3 is 0 Å². The normalized spacial score (nSPS) is 23.2. The third-order valence-electron chi connectivity index (χ3n) is 3.37. The van der Waals surface area contributed by atoms with Crippen LogP contribution < -0.4 is 5.32 Å². The minimum Gasteiger partial charge on any atom is -0.333 e. The second-order valence-electron chi connectivity index (χ2n) is 4.63. The van der Waals surface area contributed by atoms with Gasteiger partial charge < -0.3 is 9.88 Å². The number of aromatic nitrogens is 2. The van der Waals surface area contributed by atoms with E-state index in [0.717, 1.165) is 19.0 Å². The lowest BCUT2D eigenvalue weighted by Crippen LogP contribution is -2.18. The maximum absolute atomic E-state index is 4.28. The first-order valence-corrected chi connectivity index (χ1v) is 6.04. The van der Waals surface area contributed by atoms with Gasteiger partial charge in [0.2, 0.25) is 0 Å². The molecule has 0 aromatic carbocycles. The van der Waals surface area contributed by atoms with Gasteiger partial charge in [-0.2, -0.15) is 0 Å². The van der Waals surface area contributed by atoms with E-state index in [9.17, 15) is 0 Å². The highest BCUT2D eigenvalue weighted by Gasteiger charge is 2.19. The Balaban J connectivity index is 2.07. The molecular weight excluding hydrogens is 186 g/mol. The van der Waals surface area contributed by atoms with Crippen molar-refractivity contribution in [3.63, 3.8) is 0 Å². The second kappa shape index (κ2) is 4.79. The van der Waals surface area contributed by atoms with Gasteiger partial charge in [-0.25, -0.2) is 4.98 Å². The summed E-state index contributed by atoms with van der Waals surface area (Å²) in [6.45, 7) is 6.80. The lowest BCUT2D eigenvalue weighted by molar-refractivity contribution is 0.445. The van der Waals surface area contributed by atoms with Crippen molar-refractivity contribution in [1.82, 2.24) is 14.9 Å². The zero-order valence-electron chi connectivity index (χ0n) is 9.74. The summed E-state index contributed by atoms with van der Waals surface area (Å²) in [4.78, 5) is 4.28. The van der Waals surface area contributed by atoms with Crippen molar-refractivity contribution in [2.45, 2.75) is 45.7 Å². The molecule has 1 N–H and O–H groups in total. The maximum Gasteiger partial charge on any atom is 0.0948 e. The smallest absolute Gasteiger partial charge is 0.0948 e. The van der Waals surface area contributed by atoms with Gasteiger partial charge in [0.05, 0.1) is 12.0 Å². The first-order valence-electron chi connectivity index (χ1n) is 6.04. The lowest BCUT2D eigenvalue weighted by Gasteiger charge is -2.16. The molecule has 1 saturated heterocycles. The molecule has 0 bridgehead atoms. The van der Waals surface area contributed by atoms with Gasteiger partial charge in [-0.1, -0.05) is 20.3 Å². The Labute approximate surface area is 91.9 Å². The molecule has 1 fully saturated rings. The van der Waals surface area contributed by atoms with Crippen molar-refractivity contribution in [3.8, 4) is 0 Å². The number of nitrogens with zero attached hydrogens (tertiary/aromatic N) is 2. The molecule has 1 aliphatic heterocycles. The number of nitrogens with one attached hydrogen (secondary N) is 1. The fraction of sp³-hybridized carbons (Fsp3) is 0.750. The average Bonchev–Trinajstić information content (AvgIpc) is 2.86. The molecule has 0 aliphatic carbocycles. The standard InChI is InChI=1S/C12H21N3/c1-3-10(2)8-15-9-13-7-12(15)11-5-4-6-14-11/h7,9-11,14H,3-6,8H2,1-2H3. The highest BCUT2D eigenvalue weighted by molar-refractivity contribution is 5.07. The molecule has 2 unspecified atom stereocenters. The quantitative estimate of drug-likeness (QED) is 0.821. The molecule has 1 aliphatic rings. The fourth-order valence-electron chi connectivity index (χ4n) is 2.18. The average molecular weight is 207 g/mol. The van der Waals surface area contributed by atoms with E-state index in [0.29, 0.717) is 6.04 Å². The predicted octanol–water partition coefficient (Wildman–Crippen LogP) is 2.35. The summed E-state index contributed by atoms with van der Waals surface area (Å²) in [7, 11) is 0. The monoisotopic (exact) mass is 207 g/mol. The first-order chi connectivity index (χ1) is 7.31. The van der Waals surface area contributed by atoms with Crippen LogP contribution in [0.1, 0.15) is 44.8 Å². The molecule has 1 aromatic rings. The number of hydrogen-bond donors (Lipinski definition) is 1. The van der Waals surface area contributed by atoms with E-state index in [4.69, 9.17) is 0 Å². The third kappa shape index (κ3) is 2.40. The van der Waals surface area contributed by atoms with Crippen LogP contribution in [0.5, 0.6) is 0 Å². The van der Waals surface area contributed by atoms with Gasteiger partial charge in [0.1, 0.15) is 0 Å². The van der Waals surface area contributed by atoms with Gasteiger partial charge in [-0.3, -0.25) is 0 Å². The van der Waals surface area contributed by atoms with Crippen molar-refractivity contribution in [1.29, 1.82) is 0 Å². The topological polar surface area (TPSA) is 29.9 Å². The van der Waals surface area contributed by atoms with Gasteiger partial charge in [-0.05, 0) is 25.3 Å². The van der Waals surface area contributed by atoms with Gasteiger partial charge in [0.15, 0.2) is 0 Å². The molecule has 2 heterocycles. The van der Waals surface area contributed by atoms with Crippen molar-refractivity contribution in [2.75, 3.05) is 6.54 Å². The van der Waals surface area contributed by atoms with Gasteiger partial charge in [0, 0.05) is 18.8 Å². The zero-order chi connectivity index (χ0) is 10.7. The first kappa shape index (κ1) is 10.7. The van der Waals surface area contributed by atoms with Gasteiger partial charge in [-0.15, -0.1) is 0 Å². The van der Waals surface area contributed by atoms with Crippen molar-refractivity contribution < 1.29 is 0 Å². The summed E-state index contributed by atoms with van der Waals surface area (Å²) >= 11 is 0. The van der Waals surface area contributed by atoms with E-state index < -0.39 is 0 Å². The molecule has 3 heteroatoms. The molecule has 3 nitrogen and oxygen atoms in total. The lowest BCUT2D eigenvalue weighted by atomic mass is 10.1. The maximum atomic E-state index is 4.28. The van der Waals surface area contributed by atoms with Crippen LogP contribution in [0, 0.1) is 5.92 Å². The van der Waals surface area contributed by atoms with E-state index in [-0.39, 0.29) is 0 Å². The minimum absolute atomic E-state index is 0.538. The van der Waals surface area contributed by atoms with Crippen LogP contribution in [0.15, 0.2) is 12.5 Å². The summed E-state index contributed by atoms with van der Waals surface area (Å²) in [6, 6.07) is 0.538. The predicted molar refractivity (Wildman–Crippen MR) is 61.7 cm³/mol. The SMILES string of the molecule is CCC(C)Cn1cncc1C1CCCN1. The Bertz CT molecular complexity index is 300. The molecule has 2 atom stereocenters. The van der Waals surface area contributed by atoms with E-state index in [1.165, 1.54) is 25.0 Å². The molecule has 0 spiro atoms. The summed E-state index contributed by atoms with van der Waals surface area (Å²) in [5.41, 5.74) is 1.37. The van der Waals surface area contributed by atoms with Crippen LogP contribution in [-0.4, -0.2) is 16.1 Å². The number of imidazole rings is 1. The number of hydrogen-bond acceptors (Lipinski definition) is 2. The van der Waals surface area contributed by atoms with Crippen LogP contribution in [0.2, 0.25) is 0 Å². The summed E-state index contributed by atoms with van der Waals surface area (Å²) < 4.78 is 2.32. The third-order valence-corrected chi connectivity index (χ3v) is 3.37. The van der Waals surface area contributed by atoms with E-state index in [1.807, 2.05) is 12.5 Å². The van der Waals surface area contributed by atoms with E-state index >= 15 is 0 Å². The molecule has 1 aromatic heterocycles. The summed E-state index contributed by atoms with van der Waals surface area (Å²) in [6.07, 6.45) is 7.77. The Morgan fingerprint density at radius 1 is 1.67 bits per heavy atom. The largest absolute Gasteiger partial charge is 0.333 e. The van der Waals surface area contributed by atoms with Crippen LogP contribution in [0.4, 0.5) is 0 Å². The molecule has 84 valence electrons. The molecule has 0 saturated carbocycles. The second-order valence-corrected chi connectivity index (χ2v) is 4.63. The van der Waals surface area contributed by atoms with Crippen molar-refractivity contribution >= 4 is 0 Å². The van der Waals surface area contributed by atoms with Crippen molar-refractivity contribution in [2.24, 2.45) is 5.92 Å². The Kier molecular flexibility index (Phi) is 3.41. The fourth-order valence-corrected chi connectivity index (χ4v) is 2.18. The summed E-state index contributed by atoms with van der Waals surface area (Å²) in [5, 5.41) is 3.53. The van der Waals surface area contributed by atoms with Crippen LogP contribution in [0.3, 0.4) is 0 Å². The Morgan fingerprint density at radius 3 is 3.20 bits per heavy atom. The van der Waals surface area contributed by atoms with Crippen LogP contribution in [-0.2, 0) is 6.54 Å². The molecule has 15 heavy (non-hydrogen) atoms. The molecule has 2 rings (SSSR count). The molecule has 0 amide bonds. The highest BCUT2D eigenvalue weighted by atomic mass is 15.1. The van der Waals surface area contributed by atoms with Crippen LogP contribution >= 0.6 is 0 Å². The Morgan fingerprint density at radius 2 is 2.53 bits per heavy atom. The molecule has 0 radical (unpaired) electrons. The van der Waals surface area contributed by atoms with E-state index in [2.05, 4.69) is 28.7 Å². The summed E-state index contributed by atoms with van der Waals surface area (Å²) in [5.74, 6) is 0.736. The molecular formula is C12H21N3. The van der Waals surface area contributed by atoms with E-state index in [1.54, 1.807) is 0 Å². The van der Waals surface area contributed by atoms with Crippen LogP contribution in [0.25, 0.3) is 0 Å². The Hall–Kier alpha value is -0.830. The van der Waals surface area contributed by atoms with Gasteiger partial charge in [0.25, 0.3) is 0 Å². The highest BCUT2D eigenvalue weighted by Crippen LogP contribution is 2.23.